The quantitative estimate of drug-likeness (QED) is 0.332. The molecular weight excluding hydrogens is 518 g/mol. The summed E-state index contributed by atoms with van der Waals surface area (Å²) in [6.45, 7) is 2.84. The minimum absolute atomic E-state index is 0.105. The third kappa shape index (κ3) is 7.08. The van der Waals surface area contributed by atoms with E-state index in [1.54, 1.807) is 24.3 Å². The van der Waals surface area contributed by atoms with Crippen LogP contribution in [0.25, 0.3) is 10.1 Å². The van der Waals surface area contributed by atoms with Gasteiger partial charge < -0.3 is 14.7 Å². The molecule has 1 unspecified atom stereocenters. The zero-order chi connectivity index (χ0) is 25.8. The van der Waals surface area contributed by atoms with Gasteiger partial charge in [-0.25, -0.2) is 17.4 Å². The smallest absolute Gasteiger partial charge is 0.391 e. The number of carbonyl (C=O) groups is 1. The van der Waals surface area contributed by atoms with Crippen LogP contribution >= 0.6 is 18.9 Å². The molecule has 0 bridgehead atoms. The van der Waals surface area contributed by atoms with E-state index in [0.29, 0.717) is 22.3 Å². The Hall–Kier alpha value is -2.85. The number of amides is 1. The lowest BCUT2D eigenvalue weighted by Gasteiger charge is -2.14. The Morgan fingerprint density at radius 3 is 2.69 bits per heavy atom. The van der Waals surface area contributed by atoms with Crippen LogP contribution in [0.15, 0.2) is 46.7 Å². The van der Waals surface area contributed by atoms with E-state index < -0.39 is 29.7 Å². The van der Waals surface area contributed by atoms with E-state index in [1.807, 2.05) is 23.6 Å². The van der Waals surface area contributed by atoms with Crippen LogP contribution < -0.4 is 14.6 Å². The third-order valence-electron chi connectivity index (χ3n) is 4.76. The average Bonchev–Trinajstić information content (AvgIpc) is 3.22. The molecule has 0 fully saturated rings. The summed E-state index contributed by atoms with van der Waals surface area (Å²) in [7, 11) is -6.90. The molecule has 0 saturated heterocycles. The molecule has 3 aromatic rings. The highest BCUT2D eigenvalue weighted by molar-refractivity contribution is 7.92. The molecule has 3 rings (SSSR count). The number of sulfonamides is 1. The highest BCUT2D eigenvalue weighted by Gasteiger charge is 2.27. The van der Waals surface area contributed by atoms with E-state index in [-0.39, 0.29) is 28.0 Å². The van der Waals surface area contributed by atoms with E-state index in [9.17, 15) is 27.1 Å². The lowest BCUT2D eigenvalue weighted by Crippen LogP contribution is -2.29. The summed E-state index contributed by atoms with van der Waals surface area (Å²) in [6, 6.07) is 10.9. The van der Waals surface area contributed by atoms with Crippen molar-refractivity contribution >= 4 is 50.6 Å². The van der Waals surface area contributed by atoms with Gasteiger partial charge in [-0.15, -0.1) is 11.3 Å². The van der Waals surface area contributed by atoms with Crippen molar-refractivity contribution in [1.82, 2.24) is 9.62 Å². The maximum Gasteiger partial charge on any atom is 0.391 e. The molecule has 2 aromatic carbocycles. The standard InChI is InChI=1S/C21H22FN4O6PS2/c1-3-26(2)12-20(27)25-16-5-7-19-15(8-16)9-21(34-19)35(30,31)24-13-33(28,29)32-17-6-4-14(11-23)18(22)10-17/h4-10,24H,3,12-13H2,1-2H3,(H,25,27)(H,28,29). The van der Waals surface area contributed by atoms with Crippen molar-refractivity contribution in [3.8, 4) is 11.8 Å². The summed E-state index contributed by atoms with van der Waals surface area (Å²) in [5, 5.41) is 12.1. The summed E-state index contributed by atoms with van der Waals surface area (Å²) in [5.74, 6) is -1.48. The zero-order valence-corrected chi connectivity index (χ0v) is 21.2. The van der Waals surface area contributed by atoms with Crippen LogP contribution in [-0.4, -0.2) is 50.5 Å². The fourth-order valence-corrected chi connectivity index (χ4v) is 6.79. The van der Waals surface area contributed by atoms with Gasteiger partial charge in [-0.1, -0.05) is 6.92 Å². The first kappa shape index (κ1) is 26.7. The number of nitrogens with one attached hydrogen (secondary N) is 2. The average molecular weight is 541 g/mol. The van der Waals surface area contributed by atoms with Crippen LogP contribution in [0.4, 0.5) is 10.1 Å². The Kier molecular flexibility index (Phi) is 8.27. The molecule has 0 spiro atoms. The third-order valence-corrected chi connectivity index (χ3v) is 9.02. The van der Waals surface area contributed by atoms with E-state index in [2.05, 4.69) is 5.32 Å². The number of hydrogen-bond donors (Lipinski definition) is 3. The van der Waals surface area contributed by atoms with Crippen molar-refractivity contribution in [2.24, 2.45) is 0 Å². The molecule has 1 heterocycles. The maximum atomic E-state index is 13.7. The molecule has 0 radical (unpaired) electrons. The molecule has 186 valence electrons. The second-order valence-electron chi connectivity index (χ2n) is 7.48. The van der Waals surface area contributed by atoms with Crippen molar-refractivity contribution in [1.29, 1.82) is 5.26 Å². The molecule has 0 aliphatic heterocycles. The number of hydrogen-bond acceptors (Lipinski definition) is 8. The van der Waals surface area contributed by atoms with Gasteiger partial charge in [-0.05, 0) is 55.4 Å². The molecular formula is C21H22FN4O6PS2. The fourth-order valence-electron chi connectivity index (χ4n) is 2.86. The number of anilines is 1. The maximum absolute atomic E-state index is 13.7. The molecule has 1 aromatic heterocycles. The first-order valence-corrected chi connectivity index (χ1v) is 14.2. The largest absolute Gasteiger partial charge is 0.424 e. The molecule has 3 N–H and O–H groups in total. The number of thiophene rings is 1. The van der Waals surface area contributed by atoms with Gasteiger partial charge in [0.15, 0.2) is 0 Å². The Morgan fingerprint density at radius 2 is 2.03 bits per heavy atom. The van der Waals surface area contributed by atoms with Crippen LogP contribution in [0, 0.1) is 17.1 Å². The predicted octanol–water partition coefficient (Wildman–Crippen LogP) is 3.30. The van der Waals surface area contributed by atoms with E-state index in [4.69, 9.17) is 9.79 Å². The van der Waals surface area contributed by atoms with E-state index in [1.165, 1.54) is 6.07 Å². The number of nitriles is 1. The Bertz CT molecular complexity index is 1450. The van der Waals surface area contributed by atoms with Crippen LogP contribution in [0.5, 0.6) is 5.75 Å². The van der Waals surface area contributed by atoms with Crippen molar-refractivity contribution in [3.63, 3.8) is 0 Å². The number of benzene rings is 2. The van der Waals surface area contributed by atoms with Crippen LogP contribution in [0.3, 0.4) is 0 Å². The van der Waals surface area contributed by atoms with Gasteiger partial charge in [-0.3, -0.25) is 9.69 Å². The molecule has 14 heteroatoms. The van der Waals surface area contributed by atoms with Gasteiger partial charge >= 0.3 is 7.60 Å². The topological polar surface area (TPSA) is 149 Å². The van der Waals surface area contributed by atoms with E-state index in [0.717, 1.165) is 29.5 Å². The molecule has 0 saturated carbocycles. The van der Waals surface area contributed by atoms with Gasteiger partial charge in [0.25, 0.3) is 10.0 Å². The summed E-state index contributed by atoms with van der Waals surface area (Å²) in [6.07, 6.45) is -0.961. The molecule has 0 aliphatic rings. The second-order valence-corrected chi connectivity index (χ2v) is 12.3. The van der Waals surface area contributed by atoms with E-state index >= 15 is 0 Å². The number of nitrogens with zero attached hydrogens (tertiary/aromatic N) is 2. The van der Waals surface area contributed by atoms with Gasteiger partial charge in [0.1, 0.15) is 28.1 Å². The van der Waals surface area contributed by atoms with Crippen LogP contribution in [0.1, 0.15) is 12.5 Å². The molecule has 1 atom stereocenters. The molecule has 10 nitrogen and oxygen atoms in total. The first-order valence-electron chi connectivity index (χ1n) is 10.1. The second kappa shape index (κ2) is 10.8. The molecule has 35 heavy (non-hydrogen) atoms. The van der Waals surface area contributed by atoms with Gasteiger partial charge in [0.05, 0.1) is 12.1 Å². The highest BCUT2D eigenvalue weighted by Crippen LogP contribution is 2.42. The highest BCUT2D eigenvalue weighted by atomic mass is 32.2. The first-order chi connectivity index (χ1) is 16.4. The summed E-state index contributed by atoms with van der Waals surface area (Å²) < 4.78 is 58.8. The zero-order valence-electron chi connectivity index (χ0n) is 18.7. The number of halogens is 1. The lowest BCUT2D eigenvalue weighted by molar-refractivity contribution is -0.117. The number of carbonyl (C=O) groups excluding carboxylic acids is 1. The monoisotopic (exact) mass is 540 g/mol. The Morgan fingerprint density at radius 1 is 1.29 bits per heavy atom. The minimum atomic E-state index is -4.53. The number of rotatable bonds is 10. The van der Waals surface area contributed by atoms with Crippen molar-refractivity contribution in [2.75, 3.05) is 31.7 Å². The molecule has 1 amide bonds. The molecule has 0 aliphatic carbocycles. The SMILES string of the molecule is CCN(C)CC(=O)Nc1ccc2sc(S(=O)(=O)NCP(=O)(O)Oc3ccc(C#N)c(F)c3)cc2c1. The Labute approximate surface area is 205 Å². The lowest BCUT2D eigenvalue weighted by atomic mass is 10.2. The minimum Gasteiger partial charge on any atom is -0.424 e. The Balaban J connectivity index is 1.69. The van der Waals surface area contributed by atoms with Gasteiger partial charge in [0, 0.05) is 16.5 Å². The van der Waals surface area contributed by atoms with Crippen molar-refractivity contribution < 1.29 is 31.6 Å². The summed E-state index contributed by atoms with van der Waals surface area (Å²) in [5.41, 5.74) is 0.233. The van der Waals surface area contributed by atoms with Crippen LogP contribution in [0.2, 0.25) is 0 Å². The predicted molar refractivity (Wildman–Crippen MR) is 130 cm³/mol. The summed E-state index contributed by atoms with van der Waals surface area (Å²) in [4.78, 5) is 23.9. The fraction of sp³-hybridized carbons (Fsp3) is 0.238. The van der Waals surface area contributed by atoms with Gasteiger partial charge in [0.2, 0.25) is 5.91 Å². The summed E-state index contributed by atoms with van der Waals surface area (Å²) >= 11 is 0.943. The van der Waals surface area contributed by atoms with Crippen molar-refractivity contribution in [3.05, 3.63) is 53.8 Å². The van der Waals surface area contributed by atoms with Gasteiger partial charge in [-0.2, -0.15) is 9.98 Å². The van der Waals surface area contributed by atoms with Crippen LogP contribution in [-0.2, 0) is 19.4 Å². The number of fused-ring (bicyclic) bond motifs is 1. The normalized spacial score (nSPS) is 13.4. The number of likely N-dealkylation sites (N-methyl/N-ethyl adjacent to an activating group) is 1. The van der Waals surface area contributed by atoms with Crippen molar-refractivity contribution in [2.45, 2.75) is 11.1 Å².